The van der Waals surface area contributed by atoms with Crippen LogP contribution in [0.3, 0.4) is 0 Å². The number of rotatable bonds is 6. The molecule has 0 amide bonds. The van der Waals surface area contributed by atoms with E-state index in [1.54, 1.807) is 25.2 Å². The Balaban J connectivity index is 2.44. The van der Waals surface area contributed by atoms with E-state index in [0.29, 0.717) is 11.4 Å². The normalized spacial score (nSPS) is 16.7. The fraction of sp³-hybridized carbons (Fsp3) is 0.600. The molecular formula is C15H21F3N2O. The maximum atomic E-state index is 12.9. The van der Waals surface area contributed by atoms with Gasteiger partial charge in [0.2, 0.25) is 0 Å². The minimum absolute atomic E-state index is 0.0264. The van der Waals surface area contributed by atoms with Crippen molar-refractivity contribution < 1.29 is 17.9 Å². The largest absolute Gasteiger partial charge is 0.496 e. The molecule has 1 saturated carbocycles. The van der Waals surface area contributed by atoms with Crippen molar-refractivity contribution in [1.29, 1.82) is 0 Å². The van der Waals surface area contributed by atoms with Gasteiger partial charge in [-0.25, -0.2) is 0 Å². The molecule has 1 aromatic rings. The monoisotopic (exact) mass is 302 g/mol. The third-order valence-electron chi connectivity index (χ3n) is 3.78. The molecule has 6 heteroatoms. The predicted octanol–water partition coefficient (Wildman–Crippen LogP) is 3.51. The molecule has 118 valence electrons. The van der Waals surface area contributed by atoms with Gasteiger partial charge in [0, 0.05) is 23.3 Å². The lowest BCUT2D eigenvalue weighted by Crippen LogP contribution is -2.37. The van der Waals surface area contributed by atoms with Gasteiger partial charge in [0.15, 0.2) is 0 Å². The van der Waals surface area contributed by atoms with E-state index in [0.717, 1.165) is 18.4 Å². The Morgan fingerprint density at radius 3 is 2.52 bits per heavy atom. The first-order valence-electron chi connectivity index (χ1n) is 7.05. The average Bonchev–Trinajstić information content (AvgIpc) is 3.26. The number of alkyl halides is 3. The van der Waals surface area contributed by atoms with Crippen molar-refractivity contribution in [2.24, 2.45) is 0 Å². The number of hydrogen-bond donors (Lipinski definition) is 1. The van der Waals surface area contributed by atoms with Crippen molar-refractivity contribution in [3.8, 4) is 5.75 Å². The average molecular weight is 302 g/mol. The van der Waals surface area contributed by atoms with Gasteiger partial charge < -0.3 is 15.0 Å². The summed E-state index contributed by atoms with van der Waals surface area (Å²) in [4.78, 5) is 1.46. The molecule has 0 radical (unpaired) electrons. The molecule has 2 rings (SSSR count). The number of halogens is 3. The third kappa shape index (κ3) is 3.81. The van der Waals surface area contributed by atoms with Crippen LogP contribution in [-0.2, 0) is 0 Å². The predicted molar refractivity (Wildman–Crippen MR) is 76.9 cm³/mol. The van der Waals surface area contributed by atoms with Crippen LogP contribution in [0.4, 0.5) is 18.9 Å². The first-order chi connectivity index (χ1) is 9.87. The lowest BCUT2D eigenvalue weighted by Gasteiger charge is -2.30. The second kappa shape index (κ2) is 6.13. The Hall–Kier alpha value is -1.43. The topological polar surface area (TPSA) is 24.5 Å². The van der Waals surface area contributed by atoms with E-state index < -0.39 is 12.7 Å². The summed E-state index contributed by atoms with van der Waals surface area (Å²) in [5.74, 6) is 0.613. The van der Waals surface area contributed by atoms with Crippen LogP contribution in [0.2, 0.25) is 0 Å². The molecular weight excluding hydrogens is 281 g/mol. The van der Waals surface area contributed by atoms with Crippen LogP contribution in [0.1, 0.15) is 31.4 Å². The SMILES string of the molecule is CNC(C)c1c(OC)cccc1N(CC(F)(F)F)C1CC1. The molecule has 0 aromatic heterocycles. The molecule has 3 nitrogen and oxygen atoms in total. The van der Waals surface area contributed by atoms with Gasteiger partial charge in [-0.2, -0.15) is 13.2 Å². The zero-order chi connectivity index (χ0) is 15.6. The highest BCUT2D eigenvalue weighted by Gasteiger charge is 2.39. The molecule has 1 aliphatic carbocycles. The fourth-order valence-electron chi connectivity index (χ4n) is 2.53. The van der Waals surface area contributed by atoms with E-state index in [1.807, 2.05) is 6.92 Å². The van der Waals surface area contributed by atoms with Crippen molar-refractivity contribution in [3.63, 3.8) is 0 Å². The molecule has 1 aromatic carbocycles. The number of benzene rings is 1. The molecule has 1 aliphatic rings. The van der Waals surface area contributed by atoms with E-state index in [1.165, 1.54) is 12.0 Å². The van der Waals surface area contributed by atoms with Crippen LogP contribution in [-0.4, -0.2) is 32.9 Å². The van der Waals surface area contributed by atoms with Gasteiger partial charge in [0.05, 0.1) is 7.11 Å². The quantitative estimate of drug-likeness (QED) is 0.870. The van der Waals surface area contributed by atoms with Crippen LogP contribution in [0, 0.1) is 0 Å². The van der Waals surface area contributed by atoms with E-state index >= 15 is 0 Å². The van der Waals surface area contributed by atoms with Gasteiger partial charge in [0.25, 0.3) is 0 Å². The Bertz CT molecular complexity index is 486. The first-order valence-corrected chi connectivity index (χ1v) is 7.05. The number of anilines is 1. The lowest BCUT2D eigenvalue weighted by molar-refractivity contribution is -0.120. The Morgan fingerprint density at radius 1 is 1.38 bits per heavy atom. The molecule has 0 aliphatic heterocycles. The van der Waals surface area contributed by atoms with Crippen molar-refractivity contribution >= 4 is 5.69 Å². The highest BCUT2D eigenvalue weighted by atomic mass is 19.4. The highest BCUT2D eigenvalue weighted by Crippen LogP contribution is 2.41. The Kier molecular flexibility index (Phi) is 4.66. The van der Waals surface area contributed by atoms with Crippen LogP contribution in [0.25, 0.3) is 0 Å². The van der Waals surface area contributed by atoms with Crippen LogP contribution < -0.4 is 15.0 Å². The maximum absolute atomic E-state index is 12.9. The van der Waals surface area contributed by atoms with Gasteiger partial charge in [-0.05, 0) is 38.9 Å². The summed E-state index contributed by atoms with van der Waals surface area (Å²) in [5, 5.41) is 3.09. The lowest BCUT2D eigenvalue weighted by atomic mass is 10.0. The summed E-state index contributed by atoms with van der Waals surface area (Å²) >= 11 is 0. The van der Waals surface area contributed by atoms with Gasteiger partial charge in [-0.15, -0.1) is 0 Å². The molecule has 1 atom stereocenters. The van der Waals surface area contributed by atoms with Crippen molar-refractivity contribution in [2.45, 2.75) is 38.0 Å². The summed E-state index contributed by atoms with van der Waals surface area (Å²) in [7, 11) is 3.32. The second-order valence-electron chi connectivity index (χ2n) is 5.38. The number of nitrogens with one attached hydrogen (secondary N) is 1. The molecule has 0 bridgehead atoms. The molecule has 0 heterocycles. The fourth-order valence-corrected chi connectivity index (χ4v) is 2.53. The van der Waals surface area contributed by atoms with Gasteiger partial charge in [0.1, 0.15) is 12.3 Å². The molecule has 0 spiro atoms. The number of methoxy groups -OCH3 is 1. The summed E-state index contributed by atoms with van der Waals surface area (Å²) < 4.78 is 44.0. The second-order valence-corrected chi connectivity index (χ2v) is 5.38. The minimum atomic E-state index is -4.22. The zero-order valence-electron chi connectivity index (χ0n) is 12.5. The molecule has 1 N–H and O–H groups in total. The van der Waals surface area contributed by atoms with Crippen LogP contribution >= 0.6 is 0 Å². The van der Waals surface area contributed by atoms with Crippen LogP contribution in [0.15, 0.2) is 18.2 Å². The van der Waals surface area contributed by atoms with Gasteiger partial charge in [-0.3, -0.25) is 0 Å². The number of ether oxygens (including phenoxy) is 1. The molecule has 0 saturated heterocycles. The Morgan fingerprint density at radius 2 is 2.05 bits per heavy atom. The van der Waals surface area contributed by atoms with Gasteiger partial charge in [-0.1, -0.05) is 6.07 Å². The van der Waals surface area contributed by atoms with Crippen molar-refractivity contribution in [1.82, 2.24) is 5.32 Å². The van der Waals surface area contributed by atoms with E-state index in [-0.39, 0.29) is 12.1 Å². The molecule has 1 fully saturated rings. The Labute approximate surface area is 123 Å². The number of hydrogen-bond acceptors (Lipinski definition) is 3. The maximum Gasteiger partial charge on any atom is 0.405 e. The van der Waals surface area contributed by atoms with E-state index in [4.69, 9.17) is 4.74 Å². The van der Waals surface area contributed by atoms with Gasteiger partial charge >= 0.3 is 6.18 Å². The zero-order valence-corrected chi connectivity index (χ0v) is 12.5. The van der Waals surface area contributed by atoms with Crippen molar-refractivity contribution in [2.75, 3.05) is 25.6 Å². The summed E-state index contributed by atoms with van der Waals surface area (Å²) in [6.07, 6.45) is -2.60. The van der Waals surface area contributed by atoms with E-state index in [2.05, 4.69) is 5.32 Å². The highest BCUT2D eigenvalue weighted by molar-refractivity contribution is 5.62. The number of nitrogens with zero attached hydrogens (tertiary/aromatic N) is 1. The van der Waals surface area contributed by atoms with E-state index in [9.17, 15) is 13.2 Å². The third-order valence-corrected chi connectivity index (χ3v) is 3.78. The smallest absolute Gasteiger partial charge is 0.405 e. The summed E-state index contributed by atoms with van der Waals surface area (Å²) in [5.41, 5.74) is 1.38. The standard InChI is InChI=1S/C15H21F3N2O/c1-10(19-2)14-12(5-4-6-13(14)21-3)20(11-7-8-11)9-15(16,17)18/h4-6,10-11,19H,7-9H2,1-3H3. The minimum Gasteiger partial charge on any atom is -0.496 e. The molecule has 1 unspecified atom stereocenters. The van der Waals surface area contributed by atoms with Crippen molar-refractivity contribution in [3.05, 3.63) is 23.8 Å². The molecule has 21 heavy (non-hydrogen) atoms. The first kappa shape index (κ1) is 15.9. The summed E-state index contributed by atoms with van der Waals surface area (Å²) in [6, 6.07) is 5.15. The van der Waals surface area contributed by atoms with Crippen LogP contribution in [0.5, 0.6) is 5.75 Å². The summed E-state index contributed by atoms with van der Waals surface area (Å²) in [6.45, 7) is 0.994.